The van der Waals surface area contributed by atoms with Gasteiger partial charge in [-0.3, -0.25) is 9.78 Å². The molecule has 0 saturated heterocycles. The van der Waals surface area contributed by atoms with Gasteiger partial charge < -0.3 is 5.73 Å². The lowest BCUT2D eigenvalue weighted by Gasteiger charge is -2.12. The number of benzene rings is 3. The molecule has 0 aliphatic heterocycles. The van der Waals surface area contributed by atoms with Gasteiger partial charge in [0.25, 0.3) is 5.91 Å². The molecule has 0 fully saturated rings. The quantitative estimate of drug-likeness (QED) is 0.170. The summed E-state index contributed by atoms with van der Waals surface area (Å²) in [6.07, 6.45) is -5.32. The Morgan fingerprint density at radius 3 is 1.90 bits per heavy atom. The molecule has 0 saturated carbocycles. The number of hydrogen-bond donors (Lipinski definition) is 1. The molecule has 5 aromatic rings. The molecule has 0 atom stereocenters. The van der Waals surface area contributed by atoms with Crippen molar-refractivity contribution in [2.24, 2.45) is 5.73 Å². The zero-order valence-corrected chi connectivity index (χ0v) is 21.4. The van der Waals surface area contributed by atoms with Gasteiger partial charge in [-0.1, -0.05) is 66.7 Å². The number of nitrogens with zero attached hydrogens (tertiary/aromatic N) is 4. The van der Waals surface area contributed by atoms with E-state index in [1.54, 1.807) is 42.7 Å². The van der Waals surface area contributed by atoms with Crippen molar-refractivity contribution in [3.63, 3.8) is 0 Å². The van der Waals surface area contributed by atoms with Gasteiger partial charge in [0, 0.05) is 29.7 Å². The third-order valence-electron chi connectivity index (χ3n) is 6.29. The lowest BCUT2D eigenvalue weighted by atomic mass is 10.0. The zero-order valence-electron chi connectivity index (χ0n) is 21.4. The first kappa shape index (κ1) is 28.3. The Labute approximate surface area is 234 Å². The lowest BCUT2D eigenvalue weighted by Crippen LogP contribution is -2.14. The second-order valence-electron chi connectivity index (χ2n) is 9.02. The zero-order chi connectivity index (χ0) is 30.1. The van der Waals surface area contributed by atoms with Crippen LogP contribution >= 0.6 is 0 Å². The number of carbonyl (C=O) groups is 1. The standard InChI is InChI=1S/C30H19F6N5O/c31-29(32,33)24-9-3-1-7-21(24)27-39-28(22-8-2-4-10-25(22)30(34,35)36)41(40-27)17-23(26(37)42)19-13-11-18(12-14-19)20-6-5-15-38-16-20/h1-17H,(H2,37,42). The number of primary amides is 1. The van der Waals surface area contributed by atoms with Crippen molar-refractivity contribution in [2.75, 3.05) is 0 Å². The highest BCUT2D eigenvalue weighted by Crippen LogP contribution is 2.39. The minimum Gasteiger partial charge on any atom is -0.366 e. The highest BCUT2D eigenvalue weighted by Gasteiger charge is 2.37. The maximum atomic E-state index is 13.9. The first-order valence-electron chi connectivity index (χ1n) is 12.3. The summed E-state index contributed by atoms with van der Waals surface area (Å²) < 4.78 is 84.1. The number of alkyl halides is 6. The van der Waals surface area contributed by atoms with E-state index in [0.717, 1.165) is 46.3 Å². The largest absolute Gasteiger partial charge is 0.417 e. The number of aromatic nitrogens is 4. The Bertz CT molecular complexity index is 1770. The highest BCUT2D eigenvalue weighted by atomic mass is 19.4. The Morgan fingerprint density at radius 2 is 1.33 bits per heavy atom. The molecule has 0 bridgehead atoms. The molecule has 0 spiro atoms. The van der Waals surface area contributed by atoms with Gasteiger partial charge in [0.1, 0.15) is 0 Å². The molecule has 0 radical (unpaired) electrons. The van der Waals surface area contributed by atoms with Crippen LogP contribution in [0.5, 0.6) is 0 Å². The van der Waals surface area contributed by atoms with Crippen LogP contribution in [0.2, 0.25) is 0 Å². The van der Waals surface area contributed by atoms with Crippen LogP contribution in [0.15, 0.2) is 97.3 Å². The second-order valence-corrected chi connectivity index (χ2v) is 9.02. The number of halogens is 6. The number of amides is 1. The molecule has 0 aliphatic rings. The minimum absolute atomic E-state index is 0.168. The third-order valence-corrected chi connectivity index (χ3v) is 6.29. The first-order chi connectivity index (χ1) is 19.9. The van der Waals surface area contributed by atoms with E-state index < -0.39 is 52.2 Å². The SMILES string of the molecule is NC(=O)C(=Cn1nc(-c2ccccc2C(F)(F)F)nc1-c1ccccc1C(F)(F)F)c1ccc(-c2cccnc2)cc1. The first-order valence-corrected chi connectivity index (χ1v) is 12.3. The molecule has 6 nitrogen and oxygen atoms in total. The maximum Gasteiger partial charge on any atom is 0.417 e. The van der Waals surface area contributed by atoms with Gasteiger partial charge in [-0.2, -0.15) is 26.3 Å². The van der Waals surface area contributed by atoms with Crippen LogP contribution in [-0.2, 0) is 17.1 Å². The van der Waals surface area contributed by atoms with Crippen LogP contribution in [0.4, 0.5) is 26.3 Å². The number of nitrogens with two attached hydrogens (primary N) is 1. The van der Waals surface area contributed by atoms with Gasteiger partial charge in [-0.05, 0) is 34.9 Å². The summed E-state index contributed by atoms with van der Waals surface area (Å²) in [7, 11) is 0. The van der Waals surface area contributed by atoms with Crippen molar-refractivity contribution in [1.82, 2.24) is 19.7 Å². The predicted molar refractivity (Wildman–Crippen MR) is 144 cm³/mol. The molecule has 12 heteroatoms. The Morgan fingerprint density at radius 1 is 0.738 bits per heavy atom. The summed E-state index contributed by atoms with van der Waals surface area (Å²) in [6.45, 7) is 0. The molecule has 1 amide bonds. The average Bonchev–Trinajstić information content (AvgIpc) is 3.39. The molecular formula is C30H19F6N5O. The van der Waals surface area contributed by atoms with Crippen molar-refractivity contribution in [1.29, 1.82) is 0 Å². The molecular weight excluding hydrogens is 560 g/mol. The van der Waals surface area contributed by atoms with Crippen molar-refractivity contribution in [3.8, 4) is 33.9 Å². The van der Waals surface area contributed by atoms with Crippen molar-refractivity contribution >= 4 is 17.7 Å². The minimum atomic E-state index is -4.82. The molecule has 2 heterocycles. The maximum absolute atomic E-state index is 13.9. The van der Waals surface area contributed by atoms with Crippen LogP contribution in [0.25, 0.3) is 45.7 Å². The van der Waals surface area contributed by atoms with E-state index in [0.29, 0.717) is 0 Å². The van der Waals surface area contributed by atoms with E-state index in [4.69, 9.17) is 5.73 Å². The van der Waals surface area contributed by atoms with E-state index >= 15 is 0 Å². The summed E-state index contributed by atoms with van der Waals surface area (Å²) in [5, 5.41) is 4.11. The molecule has 212 valence electrons. The fraction of sp³-hybridized carbons (Fsp3) is 0.0667. The Kier molecular flexibility index (Phi) is 7.38. The van der Waals surface area contributed by atoms with Crippen LogP contribution in [-0.4, -0.2) is 25.7 Å². The number of pyridine rings is 1. The fourth-order valence-electron chi connectivity index (χ4n) is 4.34. The monoisotopic (exact) mass is 579 g/mol. The van der Waals surface area contributed by atoms with Gasteiger partial charge in [-0.15, -0.1) is 5.10 Å². The van der Waals surface area contributed by atoms with E-state index in [-0.39, 0.29) is 11.1 Å². The van der Waals surface area contributed by atoms with Gasteiger partial charge in [0.2, 0.25) is 0 Å². The molecule has 3 aromatic carbocycles. The van der Waals surface area contributed by atoms with Crippen molar-refractivity contribution in [3.05, 3.63) is 114 Å². The van der Waals surface area contributed by atoms with Crippen LogP contribution in [0.3, 0.4) is 0 Å². The van der Waals surface area contributed by atoms with E-state index in [1.807, 2.05) is 6.07 Å². The van der Waals surface area contributed by atoms with Gasteiger partial charge in [-0.25, -0.2) is 9.67 Å². The van der Waals surface area contributed by atoms with Crippen LogP contribution in [0.1, 0.15) is 16.7 Å². The molecule has 0 aliphatic carbocycles. The number of hydrogen-bond acceptors (Lipinski definition) is 4. The van der Waals surface area contributed by atoms with Gasteiger partial charge >= 0.3 is 12.4 Å². The van der Waals surface area contributed by atoms with Crippen LogP contribution < -0.4 is 5.73 Å². The predicted octanol–water partition coefficient (Wildman–Crippen LogP) is 7.20. The number of carbonyl (C=O) groups excluding carboxylic acids is 1. The third kappa shape index (κ3) is 5.78. The molecule has 0 unspecified atom stereocenters. The summed E-state index contributed by atoms with van der Waals surface area (Å²) in [5.74, 6) is -1.89. The normalized spacial score (nSPS) is 12.4. The molecule has 42 heavy (non-hydrogen) atoms. The summed E-state index contributed by atoms with van der Waals surface area (Å²) in [5.41, 5.74) is 4.24. The summed E-state index contributed by atoms with van der Waals surface area (Å²) in [4.78, 5) is 20.7. The fourth-order valence-corrected chi connectivity index (χ4v) is 4.34. The van der Waals surface area contributed by atoms with Crippen LogP contribution in [0, 0.1) is 0 Å². The van der Waals surface area contributed by atoms with Crippen molar-refractivity contribution in [2.45, 2.75) is 12.4 Å². The molecule has 2 aromatic heterocycles. The van der Waals surface area contributed by atoms with E-state index in [1.165, 1.54) is 24.3 Å². The second kappa shape index (κ2) is 11.0. The summed E-state index contributed by atoms with van der Waals surface area (Å²) >= 11 is 0. The highest BCUT2D eigenvalue weighted by molar-refractivity contribution is 6.22. The van der Waals surface area contributed by atoms with Gasteiger partial charge in [0.15, 0.2) is 11.6 Å². The van der Waals surface area contributed by atoms with Gasteiger partial charge in [0.05, 0.1) is 16.7 Å². The van der Waals surface area contributed by atoms with E-state index in [9.17, 15) is 31.1 Å². The lowest BCUT2D eigenvalue weighted by molar-refractivity contribution is -0.137. The Balaban J connectivity index is 1.71. The van der Waals surface area contributed by atoms with Crippen molar-refractivity contribution < 1.29 is 31.1 Å². The smallest absolute Gasteiger partial charge is 0.366 e. The molecule has 2 N–H and O–H groups in total. The molecule has 5 rings (SSSR count). The summed E-state index contributed by atoms with van der Waals surface area (Å²) in [6, 6.07) is 18.9. The topological polar surface area (TPSA) is 86.7 Å². The Hall–Kier alpha value is -5.26. The van der Waals surface area contributed by atoms with E-state index in [2.05, 4.69) is 15.1 Å². The average molecular weight is 580 g/mol. The number of rotatable bonds is 6.